The predicted octanol–water partition coefficient (Wildman–Crippen LogP) is 0.539. The van der Waals surface area contributed by atoms with E-state index in [-0.39, 0.29) is 11.3 Å². The van der Waals surface area contributed by atoms with Crippen LogP contribution in [-0.4, -0.2) is 68.8 Å². The number of carboxylic acids is 1. The number of ether oxygens (including phenoxy) is 2. The molecule has 2 aromatic rings. The first-order valence-corrected chi connectivity index (χ1v) is 8.73. The third-order valence-electron chi connectivity index (χ3n) is 4.65. The Hall–Kier alpha value is -2.49. The van der Waals surface area contributed by atoms with Gasteiger partial charge < -0.3 is 35.0 Å². The summed E-state index contributed by atoms with van der Waals surface area (Å²) in [5.41, 5.74) is 2.37. The van der Waals surface area contributed by atoms with Gasteiger partial charge in [-0.15, -0.1) is 0 Å². The molecule has 0 radical (unpaired) electrons. The summed E-state index contributed by atoms with van der Waals surface area (Å²) >= 11 is 0. The molecule has 1 fully saturated rings. The average molecular weight is 390 g/mol. The fourth-order valence-corrected chi connectivity index (χ4v) is 3.09. The van der Waals surface area contributed by atoms with Crippen molar-refractivity contribution < 1.29 is 39.8 Å². The predicted molar refractivity (Wildman–Crippen MR) is 98.0 cm³/mol. The zero-order valence-electron chi connectivity index (χ0n) is 15.1. The number of aryl methyl sites for hydroxylation is 1. The average Bonchev–Trinajstić information content (AvgIpc) is 2.68. The van der Waals surface area contributed by atoms with Crippen LogP contribution in [0, 0.1) is 6.92 Å². The maximum atomic E-state index is 11.7. The maximum absolute atomic E-state index is 11.7. The van der Waals surface area contributed by atoms with Gasteiger partial charge in [-0.3, -0.25) is 0 Å². The lowest BCUT2D eigenvalue weighted by Crippen LogP contribution is -2.60. The van der Waals surface area contributed by atoms with Crippen LogP contribution >= 0.6 is 0 Å². The summed E-state index contributed by atoms with van der Waals surface area (Å²) in [6, 6.07) is 12.1. The Kier molecular flexibility index (Phi) is 5.97. The van der Waals surface area contributed by atoms with Crippen LogP contribution in [0.2, 0.25) is 0 Å². The van der Waals surface area contributed by atoms with E-state index in [1.54, 1.807) is 6.07 Å². The van der Waals surface area contributed by atoms with E-state index in [9.17, 15) is 30.3 Å². The number of aliphatic hydroxyl groups is 4. The summed E-state index contributed by atoms with van der Waals surface area (Å²) in [5, 5.41) is 48.6. The molecule has 0 amide bonds. The van der Waals surface area contributed by atoms with Gasteiger partial charge in [-0.2, -0.15) is 0 Å². The van der Waals surface area contributed by atoms with E-state index in [0.29, 0.717) is 5.56 Å². The van der Waals surface area contributed by atoms with Crippen molar-refractivity contribution in [3.63, 3.8) is 0 Å². The van der Waals surface area contributed by atoms with Crippen molar-refractivity contribution in [1.82, 2.24) is 0 Å². The van der Waals surface area contributed by atoms with Crippen molar-refractivity contribution in [3.05, 3.63) is 53.6 Å². The third-order valence-corrected chi connectivity index (χ3v) is 4.65. The number of aromatic carboxylic acids is 1. The standard InChI is InChI=1S/C20H22O8/c1-10-3-2-4-11(7-10)12-5-6-14(13(8-12)19(25)26)27-20-18(24)17(23)16(22)15(9-21)28-20/h2-8,15-18,20-24H,9H2,1H3,(H,25,26)/t15-,16-,17+,18+,20+/m1/s1. The largest absolute Gasteiger partial charge is 0.478 e. The molecule has 0 bridgehead atoms. The number of hydrogen-bond acceptors (Lipinski definition) is 7. The molecule has 8 heteroatoms. The summed E-state index contributed by atoms with van der Waals surface area (Å²) in [5.74, 6) is -1.32. The fraction of sp³-hybridized carbons (Fsp3) is 0.350. The molecule has 1 heterocycles. The van der Waals surface area contributed by atoms with Gasteiger partial charge in [0.15, 0.2) is 0 Å². The van der Waals surface area contributed by atoms with Crippen LogP contribution in [0.4, 0.5) is 0 Å². The third kappa shape index (κ3) is 4.01. The highest BCUT2D eigenvalue weighted by molar-refractivity contribution is 5.92. The molecule has 0 unspecified atom stereocenters. The summed E-state index contributed by atoms with van der Waals surface area (Å²) in [6.07, 6.45) is -7.38. The van der Waals surface area contributed by atoms with Gasteiger partial charge in [0, 0.05) is 0 Å². The van der Waals surface area contributed by atoms with Crippen LogP contribution in [0.25, 0.3) is 11.1 Å². The second kappa shape index (κ2) is 8.26. The number of hydrogen-bond donors (Lipinski definition) is 5. The second-order valence-electron chi connectivity index (χ2n) is 6.70. The number of rotatable bonds is 5. The van der Waals surface area contributed by atoms with Gasteiger partial charge in [0.1, 0.15) is 35.7 Å². The van der Waals surface area contributed by atoms with Gasteiger partial charge >= 0.3 is 5.97 Å². The molecule has 1 saturated heterocycles. The molecule has 3 rings (SSSR count). The van der Waals surface area contributed by atoms with Crippen molar-refractivity contribution in [2.45, 2.75) is 37.6 Å². The zero-order valence-corrected chi connectivity index (χ0v) is 15.1. The van der Waals surface area contributed by atoms with Crippen LogP contribution in [0.3, 0.4) is 0 Å². The second-order valence-corrected chi connectivity index (χ2v) is 6.70. The summed E-state index contributed by atoms with van der Waals surface area (Å²) in [4.78, 5) is 11.7. The Morgan fingerprint density at radius 2 is 1.75 bits per heavy atom. The van der Waals surface area contributed by atoms with Crippen molar-refractivity contribution in [3.8, 4) is 16.9 Å². The Bertz CT molecular complexity index is 850. The first kappa shape index (κ1) is 20.2. The van der Waals surface area contributed by atoms with E-state index in [4.69, 9.17) is 9.47 Å². The molecule has 5 atom stereocenters. The van der Waals surface area contributed by atoms with E-state index in [1.807, 2.05) is 31.2 Å². The Morgan fingerprint density at radius 1 is 1.04 bits per heavy atom. The van der Waals surface area contributed by atoms with Gasteiger partial charge in [-0.25, -0.2) is 4.79 Å². The zero-order chi connectivity index (χ0) is 20.4. The molecule has 0 aromatic heterocycles. The molecular formula is C20H22O8. The minimum atomic E-state index is -1.63. The van der Waals surface area contributed by atoms with E-state index >= 15 is 0 Å². The van der Waals surface area contributed by atoms with Crippen LogP contribution in [0.1, 0.15) is 15.9 Å². The Labute approximate surface area is 161 Å². The van der Waals surface area contributed by atoms with Gasteiger partial charge in [0.2, 0.25) is 6.29 Å². The minimum Gasteiger partial charge on any atom is -0.478 e. The van der Waals surface area contributed by atoms with Gasteiger partial charge in [0.05, 0.1) is 6.61 Å². The normalized spacial score (nSPS) is 27.4. The Balaban J connectivity index is 1.90. The number of carbonyl (C=O) groups is 1. The van der Waals surface area contributed by atoms with Crippen molar-refractivity contribution in [1.29, 1.82) is 0 Å². The molecule has 0 aliphatic carbocycles. The molecule has 150 valence electrons. The smallest absolute Gasteiger partial charge is 0.339 e. The number of aliphatic hydroxyl groups excluding tert-OH is 4. The monoisotopic (exact) mass is 390 g/mol. The fourth-order valence-electron chi connectivity index (χ4n) is 3.09. The highest BCUT2D eigenvalue weighted by Gasteiger charge is 2.45. The first-order valence-electron chi connectivity index (χ1n) is 8.73. The van der Waals surface area contributed by atoms with Crippen LogP contribution in [0.15, 0.2) is 42.5 Å². The molecule has 5 N–H and O–H groups in total. The van der Waals surface area contributed by atoms with Crippen LogP contribution < -0.4 is 4.74 Å². The topological polar surface area (TPSA) is 137 Å². The maximum Gasteiger partial charge on any atom is 0.339 e. The van der Waals surface area contributed by atoms with E-state index in [0.717, 1.165) is 11.1 Å². The number of benzene rings is 2. The molecule has 8 nitrogen and oxygen atoms in total. The van der Waals surface area contributed by atoms with Crippen molar-refractivity contribution >= 4 is 5.97 Å². The van der Waals surface area contributed by atoms with Gasteiger partial charge in [0.25, 0.3) is 0 Å². The van der Waals surface area contributed by atoms with Crippen molar-refractivity contribution in [2.24, 2.45) is 0 Å². The first-order chi connectivity index (χ1) is 13.3. The molecular weight excluding hydrogens is 368 g/mol. The molecule has 1 aliphatic rings. The van der Waals surface area contributed by atoms with E-state index in [1.165, 1.54) is 12.1 Å². The SMILES string of the molecule is Cc1cccc(-c2ccc(O[C@H]3O[C@H](CO)[C@@H](O)[C@H](O)[C@@H]3O)c(C(=O)O)c2)c1. The lowest BCUT2D eigenvalue weighted by atomic mass is 9.99. The summed E-state index contributed by atoms with van der Waals surface area (Å²) < 4.78 is 10.8. The van der Waals surface area contributed by atoms with Crippen molar-refractivity contribution in [2.75, 3.05) is 6.61 Å². The summed E-state index contributed by atoms with van der Waals surface area (Å²) in [7, 11) is 0. The highest BCUT2D eigenvalue weighted by atomic mass is 16.7. The lowest BCUT2D eigenvalue weighted by Gasteiger charge is -2.39. The Morgan fingerprint density at radius 3 is 2.39 bits per heavy atom. The van der Waals surface area contributed by atoms with Gasteiger partial charge in [-0.05, 0) is 30.2 Å². The van der Waals surface area contributed by atoms with Gasteiger partial charge in [-0.1, -0.05) is 35.9 Å². The number of carboxylic acid groups (broad SMARTS) is 1. The molecule has 2 aromatic carbocycles. The lowest BCUT2D eigenvalue weighted by molar-refractivity contribution is -0.277. The quantitative estimate of drug-likeness (QED) is 0.499. The van der Waals surface area contributed by atoms with E-state index in [2.05, 4.69) is 0 Å². The molecule has 1 aliphatic heterocycles. The molecule has 0 saturated carbocycles. The van der Waals surface area contributed by atoms with E-state index < -0.39 is 43.3 Å². The van der Waals surface area contributed by atoms with Crippen LogP contribution in [-0.2, 0) is 4.74 Å². The van der Waals surface area contributed by atoms with Crippen LogP contribution in [0.5, 0.6) is 5.75 Å². The molecule has 28 heavy (non-hydrogen) atoms. The minimum absolute atomic E-state index is 0.0757. The highest BCUT2D eigenvalue weighted by Crippen LogP contribution is 2.30. The molecule has 0 spiro atoms. The summed E-state index contributed by atoms with van der Waals surface area (Å²) in [6.45, 7) is 1.32.